The Morgan fingerprint density at radius 3 is 2.65 bits per heavy atom. The van der Waals surface area contributed by atoms with Crippen molar-refractivity contribution in [3.8, 4) is 11.5 Å². The normalized spacial score (nSPS) is 24.4. The Bertz CT molecular complexity index is 613. The van der Waals surface area contributed by atoms with E-state index in [9.17, 15) is 4.79 Å². The fourth-order valence-corrected chi connectivity index (χ4v) is 4.30. The third kappa shape index (κ3) is 4.32. The van der Waals surface area contributed by atoms with E-state index in [1.54, 1.807) is 7.11 Å². The molecule has 5 heteroatoms. The maximum atomic E-state index is 12.6. The summed E-state index contributed by atoms with van der Waals surface area (Å²) < 4.78 is 11.6. The van der Waals surface area contributed by atoms with Gasteiger partial charge in [0.15, 0.2) is 11.5 Å². The first-order valence-electron chi connectivity index (χ1n) is 9.97. The van der Waals surface area contributed by atoms with Crippen LogP contribution in [0.4, 0.5) is 0 Å². The van der Waals surface area contributed by atoms with Crippen LogP contribution in [-0.2, 0) is 4.79 Å². The summed E-state index contributed by atoms with van der Waals surface area (Å²) in [6, 6.07) is 5.89. The second-order valence-electron chi connectivity index (χ2n) is 7.70. The Labute approximate surface area is 156 Å². The van der Waals surface area contributed by atoms with E-state index in [4.69, 9.17) is 15.2 Å². The van der Waals surface area contributed by atoms with Gasteiger partial charge in [0.25, 0.3) is 0 Å². The predicted octanol–water partition coefficient (Wildman–Crippen LogP) is 3.57. The monoisotopic (exact) mass is 360 g/mol. The average Bonchev–Trinajstić information content (AvgIpc) is 3.33. The smallest absolute Gasteiger partial charge is 0.223 e. The number of methoxy groups -OCH3 is 1. The fourth-order valence-electron chi connectivity index (χ4n) is 4.30. The molecule has 5 nitrogen and oxygen atoms in total. The molecule has 3 N–H and O–H groups in total. The van der Waals surface area contributed by atoms with Crippen molar-refractivity contribution in [2.24, 2.45) is 17.6 Å². The lowest BCUT2D eigenvalue weighted by molar-refractivity contribution is -0.126. The lowest BCUT2D eigenvalue weighted by Gasteiger charge is -2.22. The molecule has 0 radical (unpaired) electrons. The molecule has 0 heterocycles. The van der Waals surface area contributed by atoms with E-state index in [1.165, 1.54) is 12.8 Å². The van der Waals surface area contributed by atoms with Gasteiger partial charge in [-0.05, 0) is 75.6 Å². The van der Waals surface area contributed by atoms with Gasteiger partial charge in [0.05, 0.1) is 19.3 Å². The minimum absolute atomic E-state index is 0.0503. The molecule has 0 saturated heterocycles. The topological polar surface area (TPSA) is 73.6 Å². The van der Waals surface area contributed by atoms with Crippen LogP contribution in [-0.4, -0.2) is 25.7 Å². The lowest BCUT2D eigenvalue weighted by Crippen LogP contribution is -2.36. The summed E-state index contributed by atoms with van der Waals surface area (Å²) in [5, 5.41) is 3.16. The van der Waals surface area contributed by atoms with Gasteiger partial charge in [0.1, 0.15) is 0 Å². The zero-order valence-electron chi connectivity index (χ0n) is 16.0. The van der Waals surface area contributed by atoms with Gasteiger partial charge in [-0.15, -0.1) is 0 Å². The van der Waals surface area contributed by atoms with Gasteiger partial charge in [0.2, 0.25) is 5.91 Å². The molecule has 2 aliphatic rings. The molecule has 3 rings (SSSR count). The van der Waals surface area contributed by atoms with Crippen LogP contribution in [0.2, 0.25) is 0 Å². The van der Waals surface area contributed by atoms with E-state index in [-0.39, 0.29) is 17.9 Å². The molecule has 0 aromatic heterocycles. The molecule has 1 aromatic rings. The molecule has 1 aromatic carbocycles. The van der Waals surface area contributed by atoms with Gasteiger partial charge in [-0.1, -0.05) is 12.5 Å². The Morgan fingerprint density at radius 1 is 1.19 bits per heavy atom. The number of rotatable bonds is 7. The van der Waals surface area contributed by atoms with Crippen molar-refractivity contribution >= 4 is 5.91 Å². The number of hydrogen-bond donors (Lipinski definition) is 2. The van der Waals surface area contributed by atoms with Crippen LogP contribution in [0.1, 0.15) is 63.5 Å². The van der Waals surface area contributed by atoms with Gasteiger partial charge >= 0.3 is 0 Å². The highest BCUT2D eigenvalue weighted by molar-refractivity contribution is 5.79. The first-order chi connectivity index (χ1) is 12.6. The molecule has 3 atom stereocenters. The number of hydrogen-bond acceptors (Lipinski definition) is 4. The van der Waals surface area contributed by atoms with Crippen LogP contribution < -0.4 is 20.5 Å². The van der Waals surface area contributed by atoms with Gasteiger partial charge < -0.3 is 20.5 Å². The van der Waals surface area contributed by atoms with Gasteiger partial charge in [-0.3, -0.25) is 4.79 Å². The van der Waals surface area contributed by atoms with Crippen LogP contribution in [0.3, 0.4) is 0 Å². The number of amides is 1. The molecule has 2 aliphatic carbocycles. The van der Waals surface area contributed by atoms with Crippen LogP contribution in [0, 0.1) is 11.8 Å². The highest BCUT2D eigenvalue weighted by Gasteiger charge is 2.32. The summed E-state index contributed by atoms with van der Waals surface area (Å²) in [6.07, 6.45) is 8.08. The second kappa shape index (κ2) is 8.76. The maximum absolute atomic E-state index is 12.6. The van der Waals surface area contributed by atoms with E-state index in [1.807, 2.05) is 25.1 Å². The van der Waals surface area contributed by atoms with Gasteiger partial charge in [-0.2, -0.15) is 0 Å². The molecule has 26 heavy (non-hydrogen) atoms. The highest BCUT2D eigenvalue weighted by atomic mass is 16.5. The summed E-state index contributed by atoms with van der Waals surface area (Å²) in [5.74, 6) is 2.01. The first kappa shape index (κ1) is 19.0. The van der Waals surface area contributed by atoms with Crippen LogP contribution in [0.25, 0.3) is 0 Å². The SMILES string of the molecule is COc1cc(C(C)NC(=O)[C@@H]2CCC[C@@H]2CN)ccc1OC1CCCC1. The van der Waals surface area contributed by atoms with Crippen molar-refractivity contribution in [2.75, 3.05) is 13.7 Å². The number of nitrogens with two attached hydrogens (primary N) is 1. The number of carbonyl (C=O) groups excluding carboxylic acids is 1. The van der Waals surface area contributed by atoms with Crippen molar-refractivity contribution in [3.05, 3.63) is 23.8 Å². The van der Waals surface area contributed by atoms with Crippen molar-refractivity contribution in [2.45, 2.75) is 64.0 Å². The lowest BCUT2D eigenvalue weighted by atomic mass is 9.94. The molecule has 0 bridgehead atoms. The van der Waals surface area contributed by atoms with Crippen molar-refractivity contribution in [1.82, 2.24) is 5.32 Å². The Morgan fingerprint density at radius 2 is 1.96 bits per heavy atom. The molecular weight excluding hydrogens is 328 g/mol. The highest BCUT2D eigenvalue weighted by Crippen LogP contribution is 2.35. The third-order valence-electron chi connectivity index (χ3n) is 5.94. The predicted molar refractivity (Wildman–Crippen MR) is 102 cm³/mol. The molecule has 1 amide bonds. The zero-order chi connectivity index (χ0) is 18.5. The summed E-state index contributed by atoms with van der Waals surface area (Å²) in [7, 11) is 1.66. The summed E-state index contributed by atoms with van der Waals surface area (Å²) in [5.41, 5.74) is 6.84. The van der Waals surface area contributed by atoms with Crippen molar-refractivity contribution in [3.63, 3.8) is 0 Å². The van der Waals surface area contributed by atoms with E-state index in [2.05, 4.69) is 5.32 Å². The number of benzene rings is 1. The largest absolute Gasteiger partial charge is 0.493 e. The summed E-state index contributed by atoms with van der Waals surface area (Å²) in [4.78, 5) is 12.6. The molecular formula is C21H32N2O3. The van der Waals surface area contributed by atoms with E-state index >= 15 is 0 Å². The molecule has 2 fully saturated rings. The van der Waals surface area contributed by atoms with Gasteiger partial charge in [-0.25, -0.2) is 0 Å². The average molecular weight is 360 g/mol. The molecule has 1 unspecified atom stereocenters. The standard InChI is InChI=1S/C21H32N2O3/c1-14(23-21(24)18-9-5-6-16(18)13-22)15-10-11-19(20(12-15)25-2)26-17-7-3-4-8-17/h10-12,14,16-18H,3-9,13,22H2,1-2H3,(H,23,24)/t14?,16-,18-/m1/s1. The molecule has 2 saturated carbocycles. The van der Waals surface area contributed by atoms with E-state index in [0.717, 1.165) is 49.2 Å². The number of carbonyl (C=O) groups is 1. The zero-order valence-corrected chi connectivity index (χ0v) is 16.0. The van der Waals surface area contributed by atoms with E-state index < -0.39 is 0 Å². The minimum Gasteiger partial charge on any atom is -0.493 e. The second-order valence-corrected chi connectivity index (χ2v) is 7.70. The maximum Gasteiger partial charge on any atom is 0.223 e. The van der Waals surface area contributed by atoms with Crippen LogP contribution in [0.15, 0.2) is 18.2 Å². The Balaban J connectivity index is 1.65. The summed E-state index contributed by atoms with van der Waals surface area (Å²) >= 11 is 0. The quantitative estimate of drug-likeness (QED) is 0.780. The van der Waals surface area contributed by atoms with E-state index in [0.29, 0.717) is 18.6 Å². The van der Waals surface area contributed by atoms with Crippen LogP contribution >= 0.6 is 0 Å². The third-order valence-corrected chi connectivity index (χ3v) is 5.94. The van der Waals surface area contributed by atoms with Crippen molar-refractivity contribution in [1.29, 1.82) is 0 Å². The fraction of sp³-hybridized carbons (Fsp3) is 0.667. The number of ether oxygens (including phenoxy) is 2. The number of nitrogens with one attached hydrogen (secondary N) is 1. The Kier molecular flexibility index (Phi) is 6.41. The molecule has 144 valence electrons. The van der Waals surface area contributed by atoms with Crippen molar-refractivity contribution < 1.29 is 14.3 Å². The minimum atomic E-state index is -0.0732. The summed E-state index contributed by atoms with van der Waals surface area (Å²) in [6.45, 7) is 2.60. The van der Waals surface area contributed by atoms with Crippen LogP contribution in [0.5, 0.6) is 11.5 Å². The first-order valence-corrected chi connectivity index (χ1v) is 9.97. The molecule has 0 aliphatic heterocycles. The Hall–Kier alpha value is -1.75. The van der Waals surface area contributed by atoms with Gasteiger partial charge in [0, 0.05) is 5.92 Å². The molecule has 0 spiro atoms.